The zero-order valence-electron chi connectivity index (χ0n) is 14.7. The number of phenols is 1. The molecule has 0 unspecified atom stereocenters. The Hall–Kier alpha value is -1.02. The molecular weight excluding hydrogens is 284 g/mol. The monoisotopic (exact) mass is 314 g/mol. The molecule has 1 aromatic carbocycles. The molecule has 1 aromatic rings. The Labute approximate surface area is 139 Å². The highest BCUT2D eigenvalue weighted by atomic mass is 16.3. The fourth-order valence-electron chi connectivity index (χ4n) is 6.66. The van der Waals surface area contributed by atoms with Crippen LogP contribution in [0.25, 0.3) is 0 Å². The normalized spacial score (nSPS) is 45.2. The van der Waals surface area contributed by atoms with Crippen LogP contribution in [0.15, 0.2) is 18.2 Å². The van der Waals surface area contributed by atoms with E-state index in [-0.39, 0.29) is 16.9 Å². The topological polar surface area (TPSA) is 40.5 Å². The summed E-state index contributed by atoms with van der Waals surface area (Å²) in [5, 5.41) is 20.6. The molecule has 3 aliphatic rings. The maximum atomic E-state index is 10.8. The average molecular weight is 314 g/mol. The number of rotatable bonds is 1. The second kappa shape index (κ2) is 4.99. The van der Waals surface area contributed by atoms with Crippen molar-refractivity contribution >= 4 is 0 Å². The third-order valence-corrected chi connectivity index (χ3v) is 7.90. The molecular formula is C21H30O2. The van der Waals surface area contributed by atoms with E-state index in [1.54, 1.807) is 0 Å². The van der Waals surface area contributed by atoms with Crippen molar-refractivity contribution in [2.24, 2.45) is 22.7 Å². The van der Waals surface area contributed by atoms with Crippen molar-refractivity contribution in [3.05, 3.63) is 29.3 Å². The Kier molecular flexibility index (Phi) is 3.36. The first-order valence-electron chi connectivity index (χ1n) is 9.39. The molecule has 0 radical (unpaired) electrons. The minimum Gasteiger partial charge on any atom is -0.508 e. The first-order valence-corrected chi connectivity index (χ1v) is 9.39. The number of aliphatic hydroxyl groups excluding tert-OH is 1. The summed E-state index contributed by atoms with van der Waals surface area (Å²) in [6.07, 6.45) is 6.60. The van der Waals surface area contributed by atoms with Gasteiger partial charge in [0.05, 0.1) is 6.10 Å². The van der Waals surface area contributed by atoms with E-state index in [9.17, 15) is 10.2 Å². The number of hydrogen-bond donors (Lipinski definition) is 2. The van der Waals surface area contributed by atoms with Gasteiger partial charge in [-0.3, -0.25) is 0 Å². The molecule has 0 saturated heterocycles. The lowest BCUT2D eigenvalue weighted by molar-refractivity contribution is -0.0442. The minimum absolute atomic E-state index is 0.0976. The summed E-state index contributed by atoms with van der Waals surface area (Å²) in [5.41, 5.74) is 3.19. The number of aromatic hydroxyl groups is 1. The first kappa shape index (κ1) is 15.5. The summed E-state index contributed by atoms with van der Waals surface area (Å²) in [5.74, 6) is 2.33. The molecule has 4 rings (SSSR count). The van der Waals surface area contributed by atoms with Gasteiger partial charge in [-0.25, -0.2) is 0 Å². The van der Waals surface area contributed by atoms with E-state index >= 15 is 0 Å². The number of benzene rings is 1. The molecule has 126 valence electrons. The Balaban J connectivity index is 1.77. The second-order valence-electron chi connectivity index (χ2n) is 8.94. The van der Waals surface area contributed by atoms with Crippen molar-refractivity contribution in [3.63, 3.8) is 0 Å². The number of aliphatic hydroxyl groups is 1. The van der Waals surface area contributed by atoms with Crippen molar-refractivity contribution in [2.75, 3.05) is 0 Å². The van der Waals surface area contributed by atoms with Crippen molar-refractivity contribution in [3.8, 4) is 5.75 Å². The smallest absolute Gasteiger partial charge is 0.115 e. The van der Waals surface area contributed by atoms with E-state index in [2.05, 4.69) is 26.8 Å². The largest absolute Gasteiger partial charge is 0.508 e. The van der Waals surface area contributed by atoms with Crippen molar-refractivity contribution in [1.29, 1.82) is 0 Å². The van der Waals surface area contributed by atoms with Crippen LogP contribution in [0.5, 0.6) is 5.75 Å². The van der Waals surface area contributed by atoms with Gasteiger partial charge in [-0.2, -0.15) is 0 Å². The third kappa shape index (κ3) is 2.03. The van der Waals surface area contributed by atoms with Crippen LogP contribution in [0.3, 0.4) is 0 Å². The van der Waals surface area contributed by atoms with Crippen molar-refractivity contribution in [1.82, 2.24) is 0 Å². The average Bonchev–Trinajstić information content (AvgIpc) is 2.74. The fourth-order valence-corrected chi connectivity index (χ4v) is 6.66. The van der Waals surface area contributed by atoms with Crippen molar-refractivity contribution in [2.45, 2.75) is 71.3 Å². The van der Waals surface area contributed by atoms with Gasteiger partial charge in [0.1, 0.15) is 5.75 Å². The summed E-state index contributed by atoms with van der Waals surface area (Å²) < 4.78 is 0. The van der Waals surface area contributed by atoms with E-state index in [1.165, 1.54) is 24.0 Å². The van der Waals surface area contributed by atoms with Gasteiger partial charge in [0.25, 0.3) is 0 Å². The van der Waals surface area contributed by atoms with Gasteiger partial charge in [0.15, 0.2) is 0 Å². The molecule has 2 saturated carbocycles. The highest BCUT2D eigenvalue weighted by Crippen LogP contribution is 2.67. The number of fused-ring (bicyclic) bond motifs is 5. The first-order chi connectivity index (χ1) is 10.9. The van der Waals surface area contributed by atoms with Crippen LogP contribution in [0.4, 0.5) is 0 Å². The Morgan fingerprint density at radius 2 is 2.00 bits per heavy atom. The standard InChI is InChI=1S/C21H30O2/c1-4-20(2)12-18(23)21(3)10-9-16-15-8-6-14(22)11-13(15)5-7-17(16)19(20)21/h6,8,11,16-19,22-23H,4-5,7,9-10,12H2,1-3H3/t16-,17-,18+,19-,20+,21-/m1/s1. The number of hydrogen-bond acceptors (Lipinski definition) is 2. The van der Waals surface area contributed by atoms with Crippen LogP contribution < -0.4 is 0 Å². The van der Waals surface area contributed by atoms with Crippen LogP contribution in [-0.4, -0.2) is 16.3 Å². The lowest BCUT2D eigenvalue weighted by Crippen LogP contribution is -2.47. The lowest BCUT2D eigenvalue weighted by Gasteiger charge is -2.53. The fraction of sp³-hybridized carbons (Fsp3) is 0.714. The Morgan fingerprint density at radius 3 is 2.74 bits per heavy atom. The molecule has 0 aliphatic heterocycles. The zero-order valence-corrected chi connectivity index (χ0v) is 14.7. The van der Waals surface area contributed by atoms with E-state index < -0.39 is 0 Å². The molecule has 0 aromatic heterocycles. The van der Waals surface area contributed by atoms with E-state index in [1.807, 2.05) is 12.1 Å². The van der Waals surface area contributed by atoms with Crippen LogP contribution in [0.2, 0.25) is 0 Å². The minimum atomic E-state index is -0.139. The van der Waals surface area contributed by atoms with Crippen molar-refractivity contribution < 1.29 is 10.2 Å². The number of aryl methyl sites for hydroxylation is 1. The summed E-state index contributed by atoms with van der Waals surface area (Å²) in [6.45, 7) is 7.07. The maximum absolute atomic E-state index is 10.8. The van der Waals surface area contributed by atoms with Crippen LogP contribution in [-0.2, 0) is 6.42 Å². The molecule has 3 aliphatic carbocycles. The van der Waals surface area contributed by atoms with E-state index in [0.717, 1.165) is 25.7 Å². The van der Waals surface area contributed by atoms with Gasteiger partial charge in [-0.05, 0) is 83.9 Å². The van der Waals surface area contributed by atoms with Gasteiger partial charge in [0, 0.05) is 0 Å². The molecule has 0 bridgehead atoms. The molecule has 23 heavy (non-hydrogen) atoms. The molecule has 2 fully saturated rings. The zero-order chi connectivity index (χ0) is 16.4. The Morgan fingerprint density at radius 1 is 1.22 bits per heavy atom. The molecule has 0 heterocycles. The van der Waals surface area contributed by atoms with Gasteiger partial charge in [-0.1, -0.05) is 33.3 Å². The number of phenolic OH excluding ortho intramolecular Hbond substituents is 1. The Bertz CT molecular complexity index is 624. The predicted octanol–water partition coefficient (Wildman–Crippen LogP) is 4.64. The van der Waals surface area contributed by atoms with E-state index in [4.69, 9.17) is 0 Å². The predicted molar refractivity (Wildman–Crippen MR) is 92.5 cm³/mol. The maximum Gasteiger partial charge on any atom is 0.115 e. The molecule has 2 heteroatoms. The SMILES string of the molecule is CC[C@@]1(C)C[C@H](O)[C@@]2(C)CC[C@@H]3c4ccc(O)cc4CC[C@H]3[C@H]12. The quantitative estimate of drug-likeness (QED) is 0.793. The van der Waals surface area contributed by atoms with Crippen LogP contribution in [0, 0.1) is 22.7 Å². The molecule has 6 atom stereocenters. The van der Waals surface area contributed by atoms with Gasteiger partial charge in [-0.15, -0.1) is 0 Å². The third-order valence-electron chi connectivity index (χ3n) is 7.90. The second-order valence-corrected chi connectivity index (χ2v) is 8.94. The molecule has 2 N–H and O–H groups in total. The lowest BCUT2D eigenvalue weighted by atomic mass is 9.51. The van der Waals surface area contributed by atoms with Gasteiger partial charge >= 0.3 is 0 Å². The molecule has 0 spiro atoms. The summed E-state index contributed by atoms with van der Waals surface area (Å²) in [6, 6.07) is 6.00. The van der Waals surface area contributed by atoms with Crippen LogP contribution >= 0.6 is 0 Å². The summed E-state index contributed by atoms with van der Waals surface area (Å²) >= 11 is 0. The van der Waals surface area contributed by atoms with Gasteiger partial charge < -0.3 is 10.2 Å². The van der Waals surface area contributed by atoms with E-state index in [0.29, 0.717) is 23.5 Å². The summed E-state index contributed by atoms with van der Waals surface area (Å²) in [7, 11) is 0. The molecule has 2 nitrogen and oxygen atoms in total. The summed E-state index contributed by atoms with van der Waals surface area (Å²) in [4.78, 5) is 0. The van der Waals surface area contributed by atoms with Crippen LogP contribution in [0.1, 0.15) is 69.9 Å². The highest BCUT2D eigenvalue weighted by Gasteiger charge is 2.62. The molecule has 0 amide bonds. The highest BCUT2D eigenvalue weighted by molar-refractivity contribution is 5.40. The van der Waals surface area contributed by atoms with Gasteiger partial charge in [0.2, 0.25) is 0 Å².